The quantitative estimate of drug-likeness (QED) is 0.610. The molecule has 0 saturated carbocycles. The number of nitrogens with zero attached hydrogens (tertiary/aromatic N) is 1. The van der Waals surface area contributed by atoms with E-state index in [1.807, 2.05) is 4.90 Å². The van der Waals surface area contributed by atoms with E-state index in [9.17, 15) is 4.79 Å². The summed E-state index contributed by atoms with van der Waals surface area (Å²) in [5, 5.41) is 0. The molecule has 3 heteroatoms. The van der Waals surface area contributed by atoms with E-state index in [0.29, 0.717) is 17.8 Å². The molecule has 1 amide bonds. The second-order valence-corrected chi connectivity index (χ2v) is 7.32. The monoisotopic (exact) mass is 319 g/mol. The normalized spacial score (nSPS) is 13.4. The van der Waals surface area contributed by atoms with Gasteiger partial charge in [0.25, 0.3) is 0 Å². The van der Waals surface area contributed by atoms with Gasteiger partial charge in [0.1, 0.15) is 0 Å². The molecular weight excluding hydrogens is 290 g/mol. The Hall–Kier alpha value is -0.0500. The molecule has 0 heterocycles. The van der Waals surface area contributed by atoms with Crippen LogP contribution in [0.1, 0.15) is 54.4 Å². The van der Waals surface area contributed by atoms with Gasteiger partial charge in [-0.1, -0.05) is 57.5 Å². The van der Waals surface area contributed by atoms with Crippen molar-refractivity contribution in [2.45, 2.75) is 59.2 Å². The Labute approximate surface area is 122 Å². The fourth-order valence-electron chi connectivity index (χ4n) is 1.62. The molecule has 18 heavy (non-hydrogen) atoms. The zero-order valence-corrected chi connectivity index (χ0v) is 14.5. The van der Waals surface area contributed by atoms with Crippen molar-refractivity contribution >= 4 is 21.8 Å². The van der Waals surface area contributed by atoms with E-state index in [4.69, 9.17) is 0 Å². The fraction of sp³-hybridized carbons (Fsp3) is 0.933. The molecule has 108 valence electrons. The van der Waals surface area contributed by atoms with E-state index in [0.717, 1.165) is 25.9 Å². The summed E-state index contributed by atoms with van der Waals surface area (Å²) < 4.78 is 0. The predicted octanol–water partition coefficient (Wildman–Crippen LogP) is 4.33. The number of amides is 1. The molecule has 0 fully saturated rings. The lowest BCUT2D eigenvalue weighted by Crippen LogP contribution is -2.40. The molecule has 0 radical (unpaired) electrons. The number of carbonyl (C=O) groups excluding carboxylic acids is 1. The van der Waals surface area contributed by atoms with E-state index < -0.39 is 0 Å². The van der Waals surface area contributed by atoms with E-state index in [1.165, 1.54) is 0 Å². The maximum Gasteiger partial charge on any atom is 0.236 e. The lowest BCUT2D eigenvalue weighted by molar-refractivity contribution is -0.131. The van der Waals surface area contributed by atoms with Gasteiger partial charge in [-0.25, -0.2) is 0 Å². The van der Waals surface area contributed by atoms with Crippen LogP contribution in [0.3, 0.4) is 0 Å². The summed E-state index contributed by atoms with van der Waals surface area (Å²) in [6, 6.07) is 0. The van der Waals surface area contributed by atoms with E-state index in [2.05, 4.69) is 57.5 Å². The predicted molar refractivity (Wildman–Crippen MR) is 83.0 cm³/mol. The topological polar surface area (TPSA) is 20.3 Å². The van der Waals surface area contributed by atoms with Gasteiger partial charge in [-0.3, -0.25) is 4.79 Å². The van der Waals surface area contributed by atoms with Crippen molar-refractivity contribution in [1.82, 2.24) is 4.90 Å². The number of hydrogen-bond donors (Lipinski definition) is 0. The van der Waals surface area contributed by atoms with Gasteiger partial charge in [0.15, 0.2) is 0 Å². The first-order valence-electron chi connectivity index (χ1n) is 7.18. The molecule has 0 aliphatic rings. The Balaban J connectivity index is 4.48. The third-order valence-corrected chi connectivity index (χ3v) is 4.53. The Morgan fingerprint density at radius 2 is 1.33 bits per heavy atom. The van der Waals surface area contributed by atoms with Crippen LogP contribution in [0.4, 0.5) is 0 Å². The summed E-state index contributed by atoms with van der Waals surface area (Å²) >= 11 is 3.53. The first-order valence-corrected chi connectivity index (χ1v) is 8.10. The van der Waals surface area contributed by atoms with E-state index in [1.54, 1.807) is 0 Å². The summed E-state index contributed by atoms with van der Waals surface area (Å²) in [5.41, 5.74) is 0. The third kappa shape index (κ3) is 7.40. The number of rotatable bonds is 8. The minimum atomic E-state index is -0.0446. The van der Waals surface area contributed by atoms with Gasteiger partial charge < -0.3 is 4.90 Å². The smallest absolute Gasteiger partial charge is 0.236 e. The molecular formula is C15H30BrNO. The fourth-order valence-corrected chi connectivity index (χ4v) is 1.91. The minimum absolute atomic E-state index is 0.0446. The standard InChI is InChI=1S/C15H30BrNO/c1-11(2)7-9-17(10-8-12(3)4)15(18)14(16)13(5)6/h11-14H,7-10H2,1-6H3. The average Bonchev–Trinajstić information content (AvgIpc) is 2.26. The highest BCUT2D eigenvalue weighted by molar-refractivity contribution is 9.10. The summed E-state index contributed by atoms with van der Waals surface area (Å²) in [6.07, 6.45) is 2.17. The van der Waals surface area contributed by atoms with Crippen LogP contribution < -0.4 is 0 Å². The summed E-state index contributed by atoms with van der Waals surface area (Å²) in [4.78, 5) is 14.4. The summed E-state index contributed by atoms with van der Waals surface area (Å²) in [6.45, 7) is 14.8. The molecule has 2 nitrogen and oxygen atoms in total. The second kappa shape index (κ2) is 8.95. The van der Waals surface area contributed by atoms with Crippen LogP contribution in [0.25, 0.3) is 0 Å². The van der Waals surface area contributed by atoms with Gasteiger partial charge in [0, 0.05) is 13.1 Å². The molecule has 0 aromatic rings. The number of carbonyl (C=O) groups is 1. The van der Waals surface area contributed by atoms with Crippen LogP contribution in [0, 0.1) is 17.8 Å². The van der Waals surface area contributed by atoms with Crippen molar-refractivity contribution in [2.75, 3.05) is 13.1 Å². The van der Waals surface area contributed by atoms with Gasteiger partial charge >= 0.3 is 0 Å². The van der Waals surface area contributed by atoms with Crippen LogP contribution in [0.2, 0.25) is 0 Å². The van der Waals surface area contributed by atoms with Gasteiger partial charge in [0.05, 0.1) is 4.83 Å². The maximum atomic E-state index is 12.4. The minimum Gasteiger partial charge on any atom is -0.342 e. The molecule has 1 atom stereocenters. The SMILES string of the molecule is CC(C)CCN(CCC(C)C)C(=O)C(Br)C(C)C. The Morgan fingerprint density at radius 1 is 0.944 bits per heavy atom. The van der Waals surface area contributed by atoms with Crippen molar-refractivity contribution in [3.63, 3.8) is 0 Å². The van der Waals surface area contributed by atoms with E-state index >= 15 is 0 Å². The Bertz CT molecular complexity index is 227. The zero-order chi connectivity index (χ0) is 14.3. The highest BCUT2D eigenvalue weighted by atomic mass is 79.9. The lowest BCUT2D eigenvalue weighted by Gasteiger charge is -2.28. The number of alkyl halides is 1. The molecule has 0 rings (SSSR count). The van der Waals surface area contributed by atoms with Gasteiger partial charge in [-0.2, -0.15) is 0 Å². The van der Waals surface area contributed by atoms with Crippen LogP contribution in [0.5, 0.6) is 0 Å². The lowest BCUT2D eigenvalue weighted by atomic mass is 10.1. The van der Waals surface area contributed by atoms with Gasteiger partial charge in [0.2, 0.25) is 5.91 Å². The van der Waals surface area contributed by atoms with Crippen LogP contribution >= 0.6 is 15.9 Å². The number of hydrogen-bond acceptors (Lipinski definition) is 1. The second-order valence-electron chi connectivity index (χ2n) is 6.34. The molecule has 1 unspecified atom stereocenters. The van der Waals surface area contributed by atoms with Gasteiger partial charge in [-0.05, 0) is 30.6 Å². The van der Waals surface area contributed by atoms with Crippen LogP contribution in [-0.4, -0.2) is 28.7 Å². The molecule has 0 aromatic heterocycles. The number of halogens is 1. The molecule has 0 spiro atoms. The maximum absolute atomic E-state index is 12.4. The van der Waals surface area contributed by atoms with Crippen LogP contribution in [-0.2, 0) is 4.79 Å². The highest BCUT2D eigenvalue weighted by Crippen LogP contribution is 2.17. The Morgan fingerprint density at radius 3 is 1.61 bits per heavy atom. The van der Waals surface area contributed by atoms with Crippen molar-refractivity contribution in [2.24, 2.45) is 17.8 Å². The molecule has 0 aliphatic carbocycles. The third-order valence-electron chi connectivity index (χ3n) is 3.09. The van der Waals surface area contributed by atoms with Crippen molar-refractivity contribution < 1.29 is 4.79 Å². The molecule has 0 aromatic carbocycles. The molecule has 0 bridgehead atoms. The first kappa shape index (κ1) is 17.9. The van der Waals surface area contributed by atoms with Crippen LogP contribution in [0.15, 0.2) is 0 Å². The van der Waals surface area contributed by atoms with Gasteiger partial charge in [-0.15, -0.1) is 0 Å². The highest BCUT2D eigenvalue weighted by Gasteiger charge is 2.24. The summed E-state index contributed by atoms with van der Waals surface area (Å²) in [7, 11) is 0. The first-order chi connectivity index (χ1) is 8.25. The largest absolute Gasteiger partial charge is 0.342 e. The van der Waals surface area contributed by atoms with Crippen molar-refractivity contribution in [3.05, 3.63) is 0 Å². The molecule has 0 saturated heterocycles. The Kier molecular flexibility index (Phi) is 8.93. The average molecular weight is 320 g/mol. The van der Waals surface area contributed by atoms with Crippen molar-refractivity contribution in [3.8, 4) is 0 Å². The summed E-state index contributed by atoms with van der Waals surface area (Å²) in [5.74, 6) is 1.89. The van der Waals surface area contributed by atoms with E-state index in [-0.39, 0.29) is 10.7 Å². The zero-order valence-electron chi connectivity index (χ0n) is 12.9. The van der Waals surface area contributed by atoms with Crippen molar-refractivity contribution in [1.29, 1.82) is 0 Å². The molecule has 0 aliphatic heterocycles. The molecule has 0 N–H and O–H groups in total.